The van der Waals surface area contributed by atoms with Crippen molar-refractivity contribution in [3.8, 4) is 23.0 Å². The zero-order chi connectivity index (χ0) is 13.9. The predicted molar refractivity (Wildman–Crippen MR) is 70.4 cm³/mol. The van der Waals surface area contributed by atoms with Crippen LogP contribution in [0.4, 0.5) is 0 Å². The van der Waals surface area contributed by atoms with E-state index >= 15 is 0 Å². The number of aldehydes is 1. The molecule has 0 unspecified atom stereocenters. The van der Waals surface area contributed by atoms with E-state index < -0.39 is 0 Å². The number of rotatable bonds is 4. The second-order valence-corrected chi connectivity index (χ2v) is 4.31. The van der Waals surface area contributed by atoms with Gasteiger partial charge in [-0.3, -0.25) is 4.79 Å². The molecule has 0 bridgehead atoms. The Hall–Kier alpha value is -2.69. The van der Waals surface area contributed by atoms with Crippen molar-refractivity contribution < 1.29 is 24.1 Å². The van der Waals surface area contributed by atoms with Gasteiger partial charge >= 0.3 is 0 Å². The molecule has 20 heavy (non-hydrogen) atoms. The largest absolute Gasteiger partial charge is 0.507 e. The summed E-state index contributed by atoms with van der Waals surface area (Å²) >= 11 is 0. The summed E-state index contributed by atoms with van der Waals surface area (Å²) in [7, 11) is 0. The molecule has 0 atom stereocenters. The average molecular weight is 272 g/mol. The van der Waals surface area contributed by atoms with E-state index in [0.717, 1.165) is 11.3 Å². The first-order valence-corrected chi connectivity index (χ1v) is 6.06. The van der Waals surface area contributed by atoms with E-state index in [1.807, 2.05) is 18.2 Å². The molecule has 0 amide bonds. The molecule has 2 aromatic carbocycles. The van der Waals surface area contributed by atoms with Crippen molar-refractivity contribution in [2.45, 2.75) is 6.61 Å². The van der Waals surface area contributed by atoms with E-state index in [0.29, 0.717) is 24.4 Å². The standard InChI is InChI=1S/C15H12O5/c16-7-11-2-3-12(6-13(11)17)18-8-10-1-4-14-15(5-10)20-9-19-14/h1-7,17H,8-9H2. The highest BCUT2D eigenvalue weighted by Gasteiger charge is 2.13. The molecule has 1 N–H and O–H groups in total. The Bertz CT molecular complexity index is 651. The molecule has 2 aromatic rings. The molecule has 1 heterocycles. The van der Waals surface area contributed by atoms with Crippen molar-refractivity contribution in [3.05, 3.63) is 47.5 Å². The average Bonchev–Trinajstić information content (AvgIpc) is 2.92. The molecule has 0 radical (unpaired) electrons. The molecule has 5 heteroatoms. The minimum Gasteiger partial charge on any atom is -0.507 e. The Morgan fingerprint density at radius 2 is 2.00 bits per heavy atom. The third kappa shape index (κ3) is 2.38. The fraction of sp³-hybridized carbons (Fsp3) is 0.133. The summed E-state index contributed by atoms with van der Waals surface area (Å²) in [5.41, 5.74) is 1.16. The second kappa shape index (κ2) is 5.13. The van der Waals surface area contributed by atoms with Crippen LogP contribution in [0.1, 0.15) is 15.9 Å². The maximum Gasteiger partial charge on any atom is 0.231 e. The summed E-state index contributed by atoms with van der Waals surface area (Å²) in [6, 6.07) is 10.1. The van der Waals surface area contributed by atoms with Gasteiger partial charge in [0.1, 0.15) is 18.1 Å². The predicted octanol–water partition coefficient (Wildman–Crippen LogP) is 2.51. The number of hydrogen-bond donors (Lipinski definition) is 1. The van der Waals surface area contributed by atoms with Crippen molar-refractivity contribution in [3.63, 3.8) is 0 Å². The summed E-state index contributed by atoms with van der Waals surface area (Å²) < 4.78 is 16.1. The highest BCUT2D eigenvalue weighted by atomic mass is 16.7. The number of phenols is 1. The number of aromatic hydroxyl groups is 1. The Morgan fingerprint density at radius 3 is 2.80 bits per heavy atom. The number of carbonyl (C=O) groups excluding carboxylic acids is 1. The summed E-state index contributed by atoms with van der Waals surface area (Å²) in [6.45, 7) is 0.567. The first-order chi connectivity index (χ1) is 9.76. The van der Waals surface area contributed by atoms with Gasteiger partial charge in [-0.2, -0.15) is 0 Å². The van der Waals surface area contributed by atoms with Crippen molar-refractivity contribution >= 4 is 6.29 Å². The van der Waals surface area contributed by atoms with Crippen LogP contribution in [-0.4, -0.2) is 18.2 Å². The van der Waals surface area contributed by atoms with Crippen molar-refractivity contribution in [2.24, 2.45) is 0 Å². The fourth-order valence-electron chi connectivity index (χ4n) is 1.91. The molecule has 0 spiro atoms. The maximum atomic E-state index is 10.6. The number of hydrogen-bond acceptors (Lipinski definition) is 5. The third-order valence-electron chi connectivity index (χ3n) is 2.97. The molecular formula is C15H12O5. The molecule has 3 rings (SSSR count). The summed E-state index contributed by atoms with van der Waals surface area (Å²) in [4.78, 5) is 10.6. The summed E-state index contributed by atoms with van der Waals surface area (Å²) in [5, 5.41) is 9.57. The zero-order valence-corrected chi connectivity index (χ0v) is 10.5. The maximum absolute atomic E-state index is 10.6. The highest BCUT2D eigenvalue weighted by molar-refractivity contribution is 5.79. The molecule has 1 aliphatic heterocycles. The normalized spacial score (nSPS) is 12.2. The van der Waals surface area contributed by atoms with E-state index in [1.54, 1.807) is 6.07 Å². The van der Waals surface area contributed by atoms with Crippen LogP contribution in [0, 0.1) is 0 Å². The van der Waals surface area contributed by atoms with Crippen LogP contribution < -0.4 is 14.2 Å². The van der Waals surface area contributed by atoms with Crippen LogP contribution in [0.5, 0.6) is 23.0 Å². The lowest BCUT2D eigenvalue weighted by Gasteiger charge is -2.08. The molecule has 0 aromatic heterocycles. The Labute approximate surface area is 115 Å². The quantitative estimate of drug-likeness (QED) is 0.866. The molecule has 102 valence electrons. The van der Waals surface area contributed by atoms with E-state index in [2.05, 4.69) is 0 Å². The number of fused-ring (bicyclic) bond motifs is 1. The van der Waals surface area contributed by atoms with Gasteiger partial charge in [-0.1, -0.05) is 6.07 Å². The first kappa shape index (κ1) is 12.3. The van der Waals surface area contributed by atoms with E-state index in [1.165, 1.54) is 12.1 Å². The Balaban J connectivity index is 1.70. The molecule has 0 saturated heterocycles. The highest BCUT2D eigenvalue weighted by Crippen LogP contribution is 2.33. The fourth-order valence-corrected chi connectivity index (χ4v) is 1.91. The van der Waals surface area contributed by atoms with E-state index in [-0.39, 0.29) is 18.1 Å². The summed E-state index contributed by atoms with van der Waals surface area (Å²) in [6.07, 6.45) is 0.594. The number of phenolic OH excluding ortho intramolecular Hbond substituents is 1. The van der Waals surface area contributed by atoms with Crippen LogP contribution in [0.2, 0.25) is 0 Å². The SMILES string of the molecule is O=Cc1ccc(OCc2ccc3c(c2)OCO3)cc1O. The minimum absolute atomic E-state index is 0.0943. The van der Waals surface area contributed by atoms with E-state index in [9.17, 15) is 9.90 Å². The van der Waals surface area contributed by atoms with Gasteiger partial charge in [0.05, 0.1) is 5.56 Å². The first-order valence-electron chi connectivity index (χ1n) is 6.06. The molecule has 0 aliphatic carbocycles. The van der Waals surface area contributed by atoms with Gasteiger partial charge in [-0.25, -0.2) is 0 Å². The second-order valence-electron chi connectivity index (χ2n) is 4.31. The van der Waals surface area contributed by atoms with Crippen molar-refractivity contribution in [1.29, 1.82) is 0 Å². The number of carbonyl (C=O) groups is 1. The molecule has 5 nitrogen and oxygen atoms in total. The van der Waals surface area contributed by atoms with Gasteiger partial charge in [0, 0.05) is 6.07 Å². The van der Waals surface area contributed by atoms with Gasteiger partial charge in [0.15, 0.2) is 17.8 Å². The van der Waals surface area contributed by atoms with Gasteiger partial charge in [0.25, 0.3) is 0 Å². The molecule has 0 fully saturated rings. The zero-order valence-electron chi connectivity index (χ0n) is 10.5. The monoisotopic (exact) mass is 272 g/mol. The third-order valence-corrected chi connectivity index (χ3v) is 2.97. The van der Waals surface area contributed by atoms with Crippen LogP contribution >= 0.6 is 0 Å². The molecule has 0 saturated carbocycles. The van der Waals surface area contributed by atoms with Gasteiger partial charge < -0.3 is 19.3 Å². The van der Waals surface area contributed by atoms with Gasteiger partial charge in [-0.15, -0.1) is 0 Å². The van der Waals surface area contributed by atoms with Crippen molar-refractivity contribution in [2.75, 3.05) is 6.79 Å². The Kier molecular flexibility index (Phi) is 3.16. The van der Waals surface area contributed by atoms with Gasteiger partial charge in [-0.05, 0) is 29.8 Å². The lowest BCUT2D eigenvalue weighted by Crippen LogP contribution is -1.96. The molecular weight excluding hydrogens is 260 g/mol. The van der Waals surface area contributed by atoms with Crippen molar-refractivity contribution in [1.82, 2.24) is 0 Å². The number of benzene rings is 2. The smallest absolute Gasteiger partial charge is 0.231 e. The van der Waals surface area contributed by atoms with Crippen LogP contribution in [0.3, 0.4) is 0 Å². The number of ether oxygens (including phenoxy) is 3. The summed E-state index contributed by atoms with van der Waals surface area (Å²) in [5.74, 6) is 1.82. The van der Waals surface area contributed by atoms with E-state index in [4.69, 9.17) is 14.2 Å². The topological polar surface area (TPSA) is 65.0 Å². The molecule has 1 aliphatic rings. The van der Waals surface area contributed by atoms with Crippen LogP contribution in [0.25, 0.3) is 0 Å². The lowest BCUT2D eigenvalue weighted by molar-refractivity contribution is 0.112. The van der Waals surface area contributed by atoms with Crippen LogP contribution in [-0.2, 0) is 6.61 Å². The Morgan fingerprint density at radius 1 is 1.15 bits per heavy atom. The van der Waals surface area contributed by atoms with Crippen LogP contribution in [0.15, 0.2) is 36.4 Å². The van der Waals surface area contributed by atoms with Gasteiger partial charge in [0.2, 0.25) is 6.79 Å². The minimum atomic E-state index is -0.0943. The lowest BCUT2D eigenvalue weighted by atomic mass is 10.2.